The molecule has 2 nitrogen and oxygen atoms in total. The smallest absolute Gasteiger partial charge is 0.0880 e. The zero-order valence-corrected chi connectivity index (χ0v) is 10.7. The number of aryl methyl sites for hydroxylation is 1. The van der Waals surface area contributed by atoms with E-state index < -0.39 is 0 Å². The Morgan fingerprint density at radius 1 is 1.11 bits per heavy atom. The third kappa shape index (κ3) is 2.06. The minimum atomic E-state index is 0.877. The van der Waals surface area contributed by atoms with E-state index in [4.69, 9.17) is 0 Å². The van der Waals surface area contributed by atoms with Gasteiger partial charge in [-0.05, 0) is 35.7 Å². The molecule has 18 heavy (non-hydrogen) atoms. The molecular formula is C16H18N2. The van der Waals surface area contributed by atoms with Gasteiger partial charge < -0.3 is 10.2 Å². The topological polar surface area (TPSA) is 15.3 Å². The lowest BCUT2D eigenvalue weighted by Crippen LogP contribution is -2.33. The third-order valence-corrected chi connectivity index (χ3v) is 3.52. The van der Waals surface area contributed by atoms with Crippen molar-refractivity contribution in [2.75, 3.05) is 16.9 Å². The van der Waals surface area contributed by atoms with Crippen molar-refractivity contribution >= 4 is 11.4 Å². The van der Waals surface area contributed by atoms with E-state index in [0.717, 1.165) is 19.6 Å². The Labute approximate surface area is 108 Å². The molecule has 0 aliphatic carbocycles. The van der Waals surface area contributed by atoms with Crippen molar-refractivity contribution in [3.63, 3.8) is 0 Å². The van der Waals surface area contributed by atoms with Crippen molar-refractivity contribution < 1.29 is 0 Å². The van der Waals surface area contributed by atoms with Gasteiger partial charge in [0, 0.05) is 17.9 Å². The standard InChI is InChI=1S/C16H18N2/c1-2-13-8-9-16-14(10-13)11-18(12-17-16)15-6-4-3-5-7-15/h3-10,17H,2,11-12H2,1H3. The average molecular weight is 238 g/mol. The Hall–Kier alpha value is -1.96. The molecular weight excluding hydrogens is 220 g/mol. The zero-order valence-electron chi connectivity index (χ0n) is 10.7. The van der Waals surface area contributed by atoms with Gasteiger partial charge >= 0.3 is 0 Å². The molecule has 0 aromatic heterocycles. The second-order valence-corrected chi connectivity index (χ2v) is 4.71. The van der Waals surface area contributed by atoms with Gasteiger partial charge in [-0.15, -0.1) is 0 Å². The van der Waals surface area contributed by atoms with Gasteiger partial charge in [0.1, 0.15) is 0 Å². The summed E-state index contributed by atoms with van der Waals surface area (Å²) in [5.41, 5.74) is 5.35. The van der Waals surface area contributed by atoms with Crippen LogP contribution in [0.3, 0.4) is 0 Å². The highest BCUT2D eigenvalue weighted by Gasteiger charge is 2.15. The maximum Gasteiger partial charge on any atom is 0.0880 e. The highest BCUT2D eigenvalue weighted by Crippen LogP contribution is 2.26. The second-order valence-electron chi connectivity index (χ2n) is 4.71. The van der Waals surface area contributed by atoms with E-state index in [1.54, 1.807) is 0 Å². The number of benzene rings is 2. The predicted molar refractivity (Wildman–Crippen MR) is 76.9 cm³/mol. The summed E-state index contributed by atoms with van der Waals surface area (Å²) >= 11 is 0. The number of hydrogen-bond donors (Lipinski definition) is 1. The van der Waals surface area contributed by atoms with Gasteiger partial charge in [-0.3, -0.25) is 0 Å². The van der Waals surface area contributed by atoms with Gasteiger partial charge in [0.2, 0.25) is 0 Å². The SMILES string of the molecule is CCc1ccc2c(c1)CN(c1ccccc1)CN2. The number of nitrogens with zero attached hydrogens (tertiary/aromatic N) is 1. The average Bonchev–Trinajstić information content (AvgIpc) is 2.47. The lowest BCUT2D eigenvalue weighted by molar-refractivity contribution is 0.808. The quantitative estimate of drug-likeness (QED) is 0.859. The summed E-state index contributed by atoms with van der Waals surface area (Å²) in [4.78, 5) is 2.36. The monoisotopic (exact) mass is 238 g/mol. The fraction of sp³-hybridized carbons (Fsp3) is 0.250. The Morgan fingerprint density at radius 2 is 1.94 bits per heavy atom. The van der Waals surface area contributed by atoms with E-state index in [2.05, 4.69) is 65.7 Å². The first-order valence-corrected chi connectivity index (χ1v) is 6.52. The molecule has 0 fully saturated rings. The number of para-hydroxylation sites is 1. The van der Waals surface area contributed by atoms with Crippen LogP contribution in [0.2, 0.25) is 0 Å². The van der Waals surface area contributed by atoms with E-state index in [0.29, 0.717) is 0 Å². The van der Waals surface area contributed by atoms with Crippen LogP contribution in [0.4, 0.5) is 11.4 Å². The first kappa shape index (κ1) is 11.1. The zero-order chi connectivity index (χ0) is 12.4. The number of anilines is 2. The van der Waals surface area contributed by atoms with Crippen LogP contribution in [0.5, 0.6) is 0 Å². The van der Waals surface area contributed by atoms with Crippen LogP contribution in [0.1, 0.15) is 18.1 Å². The van der Waals surface area contributed by atoms with E-state index in [1.807, 2.05) is 0 Å². The minimum Gasteiger partial charge on any atom is -0.367 e. The number of fused-ring (bicyclic) bond motifs is 1. The molecule has 2 aromatic rings. The number of nitrogens with one attached hydrogen (secondary N) is 1. The summed E-state index contributed by atoms with van der Waals surface area (Å²) in [6, 6.07) is 17.3. The number of rotatable bonds is 2. The Balaban J connectivity index is 1.88. The fourth-order valence-corrected chi connectivity index (χ4v) is 2.43. The van der Waals surface area contributed by atoms with Crippen LogP contribution >= 0.6 is 0 Å². The Morgan fingerprint density at radius 3 is 2.72 bits per heavy atom. The summed E-state index contributed by atoms with van der Waals surface area (Å²) in [6.45, 7) is 4.07. The molecule has 1 aliphatic rings. The molecule has 0 unspecified atom stereocenters. The summed E-state index contributed by atoms with van der Waals surface area (Å²) in [5.74, 6) is 0. The van der Waals surface area contributed by atoms with Gasteiger partial charge in [0.25, 0.3) is 0 Å². The first-order chi connectivity index (χ1) is 8.86. The fourth-order valence-electron chi connectivity index (χ4n) is 2.43. The van der Waals surface area contributed by atoms with E-state index >= 15 is 0 Å². The maximum absolute atomic E-state index is 3.49. The van der Waals surface area contributed by atoms with Gasteiger partial charge in [0.15, 0.2) is 0 Å². The molecule has 2 aromatic carbocycles. The van der Waals surface area contributed by atoms with Crippen LogP contribution < -0.4 is 10.2 Å². The third-order valence-electron chi connectivity index (χ3n) is 3.52. The lowest BCUT2D eigenvalue weighted by Gasteiger charge is -2.32. The van der Waals surface area contributed by atoms with Crippen molar-refractivity contribution in [2.24, 2.45) is 0 Å². The van der Waals surface area contributed by atoms with Crippen molar-refractivity contribution in [3.05, 3.63) is 59.7 Å². The molecule has 92 valence electrons. The molecule has 0 radical (unpaired) electrons. The molecule has 1 aliphatic heterocycles. The molecule has 0 saturated carbocycles. The van der Waals surface area contributed by atoms with E-state index in [-0.39, 0.29) is 0 Å². The van der Waals surface area contributed by atoms with Crippen molar-refractivity contribution in [2.45, 2.75) is 19.9 Å². The molecule has 2 heteroatoms. The van der Waals surface area contributed by atoms with Crippen LogP contribution in [-0.4, -0.2) is 6.67 Å². The van der Waals surface area contributed by atoms with Crippen LogP contribution in [0.15, 0.2) is 48.5 Å². The maximum atomic E-state index is 3.49. The minimum absolute atomic E-state index is 0.877. The summed E-state index contributed by atoms with van der Waals surface area (Å²) in [6.07, 6.45) is 1.10. The molecule has 3 rings (SSSR count). The van der Waals surface area contributed by atoms with Gasteiger partial charge in [0.05, 0.1) is 6.67 Å². The van der Waals surface area contributed by atoms with Crippen molar-refractivity contribution in [3.8, 4) is 0 Å². The van der Waals surface area contributed by atoms with Crippen LogP contribution in [0, 0.1) is 0 Å². The van der Waals surface area contributed by atoms with Gasteiger partial charge in [-0.1, -0.05) is 37.3 Å². The molecule has 0 saturated heterocycles. The van der Waals surface area contributed by atoms with Crippen molar-refractivity contribution in [1.82, 2.24) is 0 Å². The molecule has 0 spiro atoms. The summed E-state index contributed by atoms with van der Waals surface area (Å²) in [5, 5.41) is 3.49. The summed E-state index contributed by atoms with van der Waals surface area (Å²) < 4.78 is 0. The van der Waals surface area contributed by atoms with Crippen molar-refractivity contribution in [1.29, 1.82) is 0 Å². The lowest BCUT2D eigenvalue weighted by atomic mass is 10.0. The van der Waals surface area contributed by atoms with Gasteiger partial charge in [-0.2, -0.15) is 0 Å². The van der Waals surface area contributed by atoms with E-state index in [9.17, 15) is 0 Å². The number of hydrogen-bond acceptors (Lipinski definition) is 2. The first-order valence-electron chi connectivity index (χ1n) is 6.52. The largest absolute Gasteiger partial charge is 0.367 e. The molecule has 1 heterocycles. The van der Waals surface area contributed by atoms with Gasteiger partial charge in [-0.25, -0.2) is 0 Å². The Kier molecular flexibility index (Phi) is 2.93. The highest BCUT2D eigenvalue weighted by atomic mass is 15.2. The predicted octanol–water partition coefficient (Wildman–Crippen LogP) is 3.64. The highest BCUT2D eigenvalue weighted by molar-refractivity contribution is 5.60. The van der Waals surface area contributed by atoms with E-state index in [1.165, 1.54) is 22.5 Å². The molecule has 0 atom stereocenters. The van der Waals surface area contributed by atoms with Crippen LogP contribution in [0.25, 0.3) is 0 Å². The summed E-state index contributed by atoms with van der Waals surface area (Å²) in [7, 11) is 0. The Bertz CT molecular complexity index is 534. The molecule has 0 bridgehead atoms. The van der Waals surface area contributed by atoms with Crippen LogP contribution in [-0.2, 0) is 13.0 Å². The molecule has 1 N–H and O–H groups in total. The normalized spacial score (nSPS) is 13.9. The second kappa shape index (κ2) is 4.73. The molecule has 0 amide bonds.